The van der Waals surface area contributed by atoms with Gasteiger partial charge in [0.2, 0.25) is 5.91 Å². The number of fused-ring (bicyclic) bond motifs is 1. The first-order valence-corrected chi connectivity index (χ1v) is 10.4. The standard InChI is InChI=1S/C21H22N4O3S/c26-19(22-10-8-15-5-2-1-3-6-15)14-25-11-9-16-18(13-25)29-21(23-16)24-20(27)17-7-4-12-28-17/h1-7,12H,8-11,13-14H2,(H,22,26)(H,23,24,27). The molecule has 29 heavy (non-hydrogen) atoms. The van der Waals surface area contributed by atoms with Crippen LogP contribution in [0.4, 0.5) is 5.13 Å². The Balaban J connectivity index is 1.25. The molecule has 1 aromatic carbocycles. The van der Waals surface area contributed by atoms with Crippen LogP contribution in [0, 0.1) is 0 Å². The molecule has 0 bridgehead atoms. The van der Waals surface area contributed by atoms with Crippen LogP contribution in [-0.4, -0.2) is 41.3 Å². The average Bonchev–Trinajstić information content (AvgIpc) is 3.38. The molecule has 0 unspecified atom stereocenters. The number of furan rings is 1. The van der Waals surface area contributed by atoms with E-state index >= 15 is 0 Å². The van der Waals surface area contributed by atoms with Crippen LogP contribution >= 0.6 is 11.3 Å². The third-order valence-corrected chi connectivity index (χ3v) is 5.72. The largest absolute Gasteiger partial charge is 0.459 e. The van der Waals surface area contributed by atoms with E-state index in [2.05, 4.69) is 32.7 Å². The molecule has 0 saturated carbocycles. The van der Waals surface area contributed by atoms with Crippen LogP contribution in [0.3, 0.4) is 0 Å². The maximum absolute atomic E-state index is 12.3. The van der Waals surface area contributed by atoms with Gasteiger partial charge in [0, 0.05) is 30.9 Å². The summed E-state index contributed by atoms with van der Waals surface area (Å²) in [6.45, 7) is 2.43. The van der Waals surface area contributed by atoms with E-state index < -0.39 is 0 Å². The zero-order valence-corrected chi connectivity index (χ0v) is 16.7. The van der Waals surface area contributed by atoms with E-state index in [1.165, 1.54) is 23.2 Å². The Labute approximate surface area is 172 Å². The van der Waals surface area contributed by atoms with Crippen LogP contribution in [0.5, 0.6) is 0 Å². The number of hydrogen-bond donors (Lipinski definition) is 2. The van der Waals surface area contributed by atoms with Gasteiger partial charge in [-0.3, -0.25) is 19.8 Å². The van der Waals surface area contributed by atoms with Crippen molar-refractivity contribution in [1.29, 1.82) is 0 Å². The van der Waals surface area contributed by atoms with Crippen molar-refractivity contribution in [2.24, 2.45) is 0 Å². The molecule has 2 N–H and O–H groups in total. The Kier molecular flexibility index (Phi) is 6.02. The summed E-state index contributed by atoms with van der Waals surface area (Å²) in [6, 6.07) is 13.4. The number of nitrogens with zero attached hydrogens (tertiary/aromatic N) is 2. The van der Waals surface area contributed by atoms with Crippen molar-refractivity contribution in [3.8, 4) is 0 Å². The Morgan fingerprint density at radius 1 is 1.17 bits per heavy atom. The molecule has 0 fully saturated rings. The van der Waals surface area contributed by atoms with Crippen molar-refractivity contribution in [2.75, 3.05) is 25.0 Å². The van der Waals surface area contributed by atoms with Crippen molar-refractivity contribution in [3.63, 3.8) is 0 Å². The normalized spacial score (nSPS) is 13.7. The first-order chi connectivity index (χ1) is 14.2. The molecule has 8 heteroatoms. The zero-order chi connectivity index (χ0) is 20.1. The number of benzene rings is 1. The number of carbonyl (C=O) groups is 2. The predicted octanol–water partition coefficient (Wildman–Crippen LogP) is 2.71. The van der Waals surface area contributed by atoms with Crippen LogP contribution < -0.4 is 10.6 Å². The van der Waals surface area contributed by atoms with Crippen LogP contribution in [-0.2, 0) is 24.2 Å². The van der Waals surface area contributed by atoms with Gasteiger partial charge >= 0.3 is 0 Å². The second-order valence-corrected chi connectivity index (χ2v) is 7.95. The van der Waals surface area contributed by atoms with Crippen molar-refractivity contribution in [3.05, 3.63) is 70.6 Å². The molecule has 1 aliphatic rings. The lowest BCUT2D eigenvalue weighted by Gasteiger charge is -2.25. The second kappa shape index (κ2) is 9.02. The van der Waals surface area contributed by atoms with Crippen LogP contribution in [0.25, 0.3) is 0 Å². The van der Waals surface area contributed by atoms with Crippen molar-refractivity contribution in [2.45, 2.75) is 19.4 Å². The quantitative estimate of drug-likeness (QED) is 0.625. The molecule has 0 atom stereocenters. The van der Waals surface area contributed by atoms with E-state index in [0.717, 1.165) is 30.0 Å². The first-order valence-electron chi connectivity index (χ1n) is 9.54. The van der Waals surface area contributed by atoms with Gasteiger partial charge < -0.3 is 9.73 Å². The highest BCUT2D eigenvalue weighted by molar-refractivity contribution is 7.15. The van der Waals surface area contributed by atoms with E-state index in [0.29, 0.717) is 24.8 Å². The molecule has 2 aromatic heterocycles. The maximum Gasteiger partial charge on any atom is 0.293 e. The van der Waals surface area contributed by atoms with Gasteiger partial charge in [0.15, 0.2) is 10.9 Å². The fourth-order valence-electron chi connectivity index (χ4n) is 3.25. The lowest BCUT2D eigenvalue weighted by atomic mass is 10.1. The lowest BCUT2D eigenvalue weighted by molar-refractivity contribution is -0.122. The van der Waals surface area contributed by atoms with Crippen LogP contribution in [0.15, 0.2) is 53.1 Å². The van der Waals surface area contributed by atoms with E-state index in [1.807, 2.05) is 18.2 Å². The van der Waals surface area contributed by atoms with E-state index in [4.69, 9.17) is 4.42 Å². The van der Waals surface area contributed by atoms with Crippen molar-refractivity contribution in [1.82, 2.24) is 15.2 Å². The summed E-state index contributed by atoms with van der Waals surface area (Å²) >= 11 is 1.45. The van der Waals surface area contributed by atoms with E-state index in [-0.39, 0.29) is 17.6 Å². The molecular weight excluding hydrogens is 388 g/mol. The number of anilines is 1. The minimum absolute atomic E-state index is 0.0280. The SMILES string of the molecule is O=C(CN1CCc2nc(NC(=O)c3ccco3)sc2C1)NCCc1ccccc1. The van der Waals surface area contributed by atoms with Gasteiger partial charge in [0.25, 0.3) is 5.91 Å². The van der Waals surface area contributed by atoms with Gasteiger partial charge in [0.1, 0.15) is 0 Å². The topological polar surface area (TPSA) is 87.5 Å². The van der Waals surface area contributed by atoms with Gasteiger partial charge in [-0.05, 0) is 24.1 Å². The molecular formula is C21H22N4O3S. The molecule has 7 nitrogen and oxygen atoms in total. The number of amides is 2. The minimum Gasteiger partial charge on any atom is -0.459 e. The third kappa shape index (κ3) is 5.10. The third-order valence-electron chi connectivity index (χ3n) is 4.72. The number of aromatic nitrogens is 1. The number of rotatable bonds is 7. The number of hydrogen-bond acceptors (Lipinski definition) is 6. The summed E-state index contributed by atoms with van der Waals surface area (Å²) in [7, 11) is 0. The molecule has 4 rings (SSSR count). The molecule has 150 valence electrons. The number of carbonyl (C=O) groups excluding carboxylic acids is 2. The zero-order valence-electron chi connectivity index (χ0n) is 15.9. The fraction of sp³-hybridized carbons (Fsp3) is 0.286. The highest BCUT2D eigenvalue weighted by Gasteiger charge is 2.23. The molecule has 2 amide bonds. The Hall–Kier alpha value is -2.97. The summed E-state index contributed by atoms with van der Waals surface area (Å²) in [5, 5.41) is 6.33. The van der Waals surface area contributed by atoms with Gasteiger partial charge in [-0.15, -0.1) is 11.3 Å². The monoisotopic (exact) mass is 410 g/mol. The lowest BCUT2D eigenvalue weighted by Crippen LogP contribution is -2.40. The molecule has 1 aliphatic heterocycles. The molecule has 3 heterocycles. The fourth-order valence-corrected chi connectivity index (χ4v) is 4.30. The van der Waals surface area contributed by atoms with Gasteiger partial charge in [0.05, 0.1) is 18.5 Å². The van der Waals surface area contributed by atoms with Crippen molar-refractivity contribution >= 4 is 28.3 Å². The molecule has 3 aromatic rings. The van der Waals surface area contributed by atoms with E-state index in [9.17, 15) is 9.59 Å². The summed E-state index contributed by atoms with van der Waals surface area (Å²) in [5.74, 6) is -0.0250. The van der Waals surface area contributed by atoms with Gasteiger partial charge in [-0.1, -0.05) is 30.3 Å². The predicted molar refractivity (Wildman–Crippen MR) is 111 cm³/mol. The summed E-state index contributed by atoms with van der Waals surface area (Å²) in [5.41, 5.74) is 2.20. The van der Waals surface area contributed by atoms with Crippen LogP contribution in [0.2, 0.25) is 0 Å². The summed E-state index contributed by atoms with van der Waals surface area (Å²) in [4.78, 5) is 32.1. The van der Waals surface area contributed by atoms with Gasteiger partial charge in [-0.25, -0.2) is 4.98 Å². The molecule has 0 spiro atoms. The second-order valence-electron chi connectivity index (χ2n) is 6.87. The summed E-state index contributed by atoms with van der Waals surface area (Å²) in [6.07, 6.45) is 3.05. The number of thiazole rings is 1. The molecule has 0 radical (unpaired) electrons. The van der Waals surface area contributed by atoms with Crippen LogP contribution in [0.1, 0.15) is 26.7 Å². The highest BCUT2D eigenvalue weighted by Crippen LogP contribution is 2.28. The molecule has 0 saturated heterocycles. The maximum atomic E-state index is 12.3. The summed E-state index contributed by atoms with van der Waals surface area (Å²) < 4.78 is 5.10. The Morgan fingerprint density at radius 2 is 2.03 bits per heavy atom. The van der Waals surface area contributed by atoms with E-state index in [1.54, 1.807) is 12.1 Å². The Morgan fingerprint density at radius 3 is 2.83 bits per heavy atom. The highest BCUT2D eigenvalue weighted by atomic mass is 32.1. The molecule has 0 aliphatic carbocycles. The number of nitrogens with one attached hydrogen (secondary N) is 2. The first kappa shape index (κ1) is 19.4. The Bertz CT molecular complexity index is 969. The van der Waals surface area contributed by atoms with Gasteiger partial charge in [-0.2, -0.15) is 0 Å². The van der Waals surface area contributed by atoms with Crippen molar-refractivity contribution < 1.29 is 14.0 Å². The smallest absolute Gasteiger partial charge is 0.293 e. The average molecular weight is 410 g/mol. The minimum atomic E-state index is -0.309.